The molecule has 0 unspecified atom stereocenters. The molecular formula is C19H22N2O5S. The molecule has 144 valence electrons. The molecule has 2 rings (SSSR count). The molecule has 2 aromatic rings. The first kappa shape index (κ1) is 20.7. The fraction of sp³-hybridized carbons (Fsp3) is 0.368. The lowest BCUT2D eigenvalue weighted by molar-refractivity contribution is -0.140. The van der Waals surface area contributed by atoms with Crippen molar-refractivity contribution in [3.63, 3.8) is 0 Å². The Labute approximate surface area is 162 Å². The Kier molecular flexibility index (Phi) is 7.18. The van der Waals surface area contributed by atoms with Crippen LogP contribution in [0.1, 0.15) is 38.5 Å². The van der Waals surface area contributed by atoms with E-state index in [1.807, 2.05) is 17.7 Å². The van der Waals surface area contributed by atoms with E-state index in [4.69, 9.17) is 4.74 Å². The SMILES string of the molecule is COC(=O)CCn1c(C)cc(C(=O)COC(=O)c2cccnc2SC)c1C. The monoisotopic (exact) mass is 390 g/mol. The highest BCUT2D eigenvalue weighted by Gasteiger charge is 2.19. The maximum absolute atomic E-state index is 12.5. The number of hydrogen-bond donors (Lipinski definition) is 0. The van der Waals surface area contributed by atoms with Crippen molar-refractivity contribution in [2.45, 2.75) is 31.8 Å². The number of Topliss-reactive ketones (excluding diaryl/α,β-unsaturated/α-hetero) is 1. The average Bonchev–Trinajstić information content (AvgIpc) is 2.97. The van der Waals surface area contributed by atoms with E-state index in [-0.39, 0.29) is 24.8 Å². The van der Waals surface area contributed by atoms with Gasteiger partial charge in [0.2, 0.25) is 5.78 Å². The summed E-state index contributed by atoms with van der Waals surface area (Å²) in [6.07, 6.45) is 3.62. The van der Waals surface area contributed by atoms with Crippen LogP contribution in [0.15, 0.2) is 29.4 Å². The van der Waals surface area contributed by atoms with Gasteiger partial charge in [-0.05, 0) is 38.3 Å². The second-order valence-electron chi connectivity index (χ2n) is 5.82. The van der Waals surface area contributed by atoms with Crippen LogP contribution < -0.4 is 0 Å². The second-order valence-corrected chi connectivity index (χ2v) is 6.62. The fourth-order valence-corrected chi connectivity index (χ4v) is 3.27. The molecule has 0 N–H and O–H groups in total. The Morgan fingerprint density at radius 2 is 1.96 bits per heavy atom. The smallest absolute Gasteiger partial charge is 0.341 e. The minimum Gasteiger partial charge on any atom is -0.469 e. The number of hydrogen-bond acceptors (Lipinski definition) is 7. The van der Waals surface area contributed by atoms with Gasteiger partial charge in [0.1, 0.15) is 5.03 Å². The number of aryl methyl sites for hydroxylation is 1. The lowest BCUT2D eigenvalue weighted by atomic mass is 10.1. The Balaban J connectivity index is 2.06. The summed E-state index contributed by atoms with van der Waals surface area (Å²) in [4.78, 5) is 40.2. The van der Waals surface area contributed by atoms with Crippen LogP contribution in [0.2, 0.25) is 0 Å². The Morgan fingerprint density at radius 3 is 2.63 bits per heavy atom. The number of rotatable bonds is 8. The molecule has 8 heteroatoms. The fourth-order valence-electron chi connectivity index (χ4n) is 2.73. The van der Waals surface area contributed by atoms with Gasteiger partial charge in [0, 0.05) is 29.7 Å². The van der Waals surface area contributed by atoms with Crippen molar-refractivity contribution >= 4 is 29.5 Å². The lowest BCUT2D eigenvalue weighted by Gasteiger charge is -2.09. The number of nitrogens with zero attached hydrogens (tertiary/aromatic N) is 2. The Bertz CT molecular complexity index is 860. The number of pyridine rings is 1. The van der Waals surface area contributed by atoms with Gasteiger partial charge >= 0.3 is 11.9 Å². The highest BCUT2D eigenvalue weighted by atomic mass is 32.2. The Morgan fingerprint density at radius 1 is 1.22 bits per heavy atom. The van der Waals surface area contributed by atoms with E-state index >= 15 is 0 Å². The van der Waals surface area contributed by atoms with E-state index in [1.165, 1.54) is 18.9 Å². The summed E-state index contributed by atoms with van der Waals surface area (Å²) in [7, 11) is 1.34. The minimum absolute atomic E-state index is 0.216. The summed E-state index contributed by atoms with van der Waals surface area (Å²) >= 11 is 1.33. The molecule has 0 aliphatic rings. The molecule has 0 aromatic carbocycles. The van der Waals surface area contributed by atoms with Crippen molar-refractivity contribution in [1.82, 2.24) is 9.55 Å². The van der Waals surface area contributed by atoms with Crippen LogP contribution in [0.4, 0.5) is 0 Å². The van der Waals surface area contributed by atoms with Crippen molar-refractivity contribution in [3.05, 3.63) is 46.9 Å². The number of methoxy groups -OCH3 is 1. The molecule has 0 fully saturated rings. The van der Waals surface area contributed by atoms with Crippen molar-refractivity contribution in [2.24, 2.45) is 0 Å². The van der Waals surface area contributed by atoms with Gasteiger partial charge in [0.25, 0.3) is 0 Å². The molecule has 0 amide bonds. The van der Waals surface area contributed by atoms with Gasteiger partial charge in [0.15, 0.2) is 6.61 Å². The summed E-state index contributed by atoms with van der Waals surface area (Å²) in [5, 5.41) is 0.552. The molecule has 2 aromatic heterocycles. The number of esters is 2. The van der Waals surface area contributed by atoms with Gasteiger partial charge in [-0.25, -0.2) is 9.78 Å². The summed E-state index contributed by atoms with van der Waals surface area (Å²) in [5.41, 5.74) is 2.38. The first-order valence-corrected chi connectivity index (χ1v) is 9.54. The maximum Gasteiger partial charge on any atom is 0.341 e. The molecule has 0 aliphatic carbocycles. The normalized spacial score (nSPS) is 10.5. The molecule has 27 heavy (non-hydrogen) atoms. The molecule has 7 nitrogen and oxygen atoms in total. The van der Waals surface area contributed by atoms with Crippen LogP contribution >= 0.6 is 11.8 Å². The zero-order valence-electron chi connectivity index (χ0n) is 15.8. The van der Waals surface area contributed by atoms with Gasteiger partial charge in [0.05, 0.1) is 19.1 Å². The predicted octanol–water partition coefficient (Wildman–Crippen LogP) is 2.82. The van der Waals surface area contributed by atoms with E-state index in [9.17, 15) is 14.4 Å². The quantitative estimate of drug-likeness (QED) is 0.389. The average molecular weight is 390 g/mol. The molecule has 0 bridgehead atoms. The third-order valence-electron chi connectivity index (χ3n) is 4.16. The molecule has 0 aliphatic heterocycles. The molecule has 0 saturated heterocycles. The first-order valence-electron chi connectivity index (χ1n) is 8.31. The molecule has 0 spiro atoms. The van der Waals surface area contributed by atoms with Crippen molar-refractivity contribution in [2.75, 3.05) is 20.0 Å². The number of ketones is 1. The molecule has 0 saturated carbocycles. The zero-order valence-corrected chi connectivity index (χ0v) is 16.6. The van der Waals surface area contributed by atoms with Crippen LogP contribution in [-0.4, -0.2) is 47.2 Å². The van der Waals surface area contributed by atoms with Gasteiger partial charge in [-0.1, -0.05) is 0 Å². The number of ether oxygens (including phenoxy) is 2. The van der Waals surface area contributed by atoms with Crippen LogP contribution in [-0.2, 0) is 20.8 Å². The molecule has 0 atom stereocenters. The van der Waals surface area contributed by atoms with E-state index in [1.54, 1.807) is 31.3 Å². The van der Waals surface area contributed by atoms with Crippen molar-refractivity contribution in [3.8, 4) is 0 Å². The topological polar surface area (TPSA) is 87.5 Å². The van der Waals surface area contributed by atoms with Gasteiger partial charge < -0.3 is 14.0 Å². The van der Waals surface area contributed by atoms with Gasteiger partial charge in [-0.15, -0.1) is 11.8 Å². The molecule has 0 radical (unpaired) electrons. The lowest BCUT2D eigenvalue weighted by Crippen LogP contribution is -2.16. The largest absolute Gasteiger partial charge is 0.469 e. The van der Waals surface area contributed by atoms with Crippen LogP contribution in [0, 0.1) is 13.8 Å². The summed E-state index contributed by atoms with van der Waals surface area (Å²) in [6, 6.07) is 5.00. The molecular weight excluding hydrogens is 368 g/mol. The van der Waals surface area contributed by atoms with Crippen molar-refractivity contribution in [1.29, 1.82) is 0 Å². The van der Waals surface area contributed by atoms with Crippen LogP contribution in [0.3, 0.4) is 0 Å². The minimum atomic E-state index is -0.583. The van der Waals surface area contributed by atoms with E-state index in [0.717, 1.165) is 11.4 Å². The second kappa shape index (κ2) is 9.36. The Hall–Kier alpha value is -2.61. The van der Waals surface area contributed by atoms with E-state index in [2.05, 4.69) is 9.72 Å². The number of carbonyl (C=O) groups excluding carboxylic acids is 3. The van der Waals surface area contributed by atoms with Crippen LogP contribution in [0.5, 0.6) is 0 Å². The summed E-state index contributed by atoms with van der Waals surface area (Å²) in [6.45, 7) is 3.72. The standard InChI is InChI=1S/C19H22N2O5S/c1-12-10-15(13(2)21(12)9-7-17(23)25-3)16(22)11-26-19(24)14-6-5-8-20-18(14)27-4/h5-6,8,10H,7,9,11H2,1-4H3. The third kappa shape index (κ3) is 4.97. The number of carbonyl (C=O) groups is 3. The number of thioether (sulfide) groups is 1. The van der Waals surface area contributed by atoms with Crippen LogP contribution in [0.25, 0.3) is 0 Å². The van der Waals surface area contributed by atoms with Gasteiger partial charge in [-0.3, -0.25) is 9.59 Å². The first-order chi connectivity index (χ1) is 12.9. The van der Waals surface area contributed by atoms with Gasteiger partial charge in [-0.2, -0.15) is 0 Å². The van der Waals surface area contributed by atoms with E-state index in [0.29, 0.717) is 22.7 Å². The maximum atomic E-state index is 12.5. The highest BCUT2D eigenvalue weighted by Crippen LogP contribution is 2.19. The molecule has 2 heterocycles. The van der Waals surface area contributed by atoms with Crippen molar-refractivity contribution < 1.29 is 23.9 Å². The highest BCUT2D eigenvalue weighted by molar-refractivity contribution is 7.98. The number of aromatic nitrogens is 2. The summed E-state index contributed by atoms with van der Waals surface area (Å²) < 4.78 is 11.7. The third-order valence-corrected chi connectivity index (χ3v) is 4.87. The predicted molar refractivity (Wildman–Crippen MR) is 101 cm³/mol. The summed E-state index contributed by atoms with van der Waals surface area (Å²) in [5.74, 6) is -1.19. The van der Waals surface area contributed by atoms with E-state index < -0.39 is 5.97 Å². The zero-order chi connectivity index (χ0) is 20.0.